The number of rotatable bonds is 2. The maximum absolute atomic E-state index is 11.7. The van der Waals surface area contributed by atoms with Gasteiger partial charge in [-0.25, -0.2) is 4.79 Å². The molecule has 0 heterocycles. The van der Waals surface area contributed by atoms with Gasteiger partial charge < -0.3 is 9.29 Å². The Morgan fingerprint density at radius 2 is 1.78 bits per heavy atom. The van der Waals surface area contributed by atoms with Crippen molar-refractivity contribution < 1.29 is 18.3 Å². The van der Waals surface area contributed by atoms with Crippen LogP contribution in [0.1, 0.15) is 28.4 Å². The maximum atomic E-state index is 11.7. The van der Waals surface area contributed by atoms with Crippen molar-refractivity contribution in [3.05, 3.63) is 70.8 Å². The van der Waals surface area contributed by atoms with Crippen LogP contribution in [-0.4, -0.2) is 14.9 Å². The number of fused-ring (bicyclic) bond motifs is 2. The summed E-state index contributed by atoms with van der Waals surface area (Å²) in [6.07, 6.45) is -1.21. The summed E-state index contributed by atoms with van der Waals surface area (Å²) >= 11 is -2.71. The molecule has 6 heteroatoms. The lowest BCUT2D eigenvalue weighted by Crippen LogP contribution is -2.28. The van der Waals surface area contributed by atoms with Gasteiger partial charge in [-0.2, -0.15) is 0 Å². The molecule has 2 aromatic rings. The van der Waals surface area contributed by atoms with Crippen molar-refractivity contribution in [2.24, 2.45) is 0 Å². The molecule has 116 valence electrons. The van der Waals surface area contributed by atoms with Gasteiger partial charge in [0.05, 0.1) is 0 Å². The summed E-state index contributed by atoms with van der Waals surface area (Å²) in [5, 5.41) is 0. The first-order valence-electron chi connectivity index (χ1n) is 6.89. The lowest BCUT2D eigenvalue weighted by Gasteiger charge is -2.22. The summed E-state index contributed by atoms with van der Waals surface area (Å²) in [7, 11) is 0. The van der Waals surface area contributed by atoms with Crippen LogP contribution in [0.3, 0.4) is 0 Å². The predicted molar refractivity (Wildman–Crippen MR) is 83.8 cm³/mol. The largest absolute Gasteiger partial charge is 0.755 e. The van der Waals surface area contributed by atoms with Crippen LogP contribution in [0.15, 0.2) is 48.5 Å². The lowest BCUT2D eigenvalue weighted by molar-refractivity contribution is 0.102. The molecule has 5 nitrogen and oxygen atoms in total. The van der Waals surface area contributed by atoms with E-state index in [-0.39, 0.29) is 0 Å². The average Bonchev–Trinajstić information content (AvgIpc) is 2.51. The minimum Gasteiger partial charge on any atom is -0.755 e. The predicted octanol–water partition coefficient (Wildman–Crippen LogP) is 2.20. The molecule has 0 fully saturated rings. The van der Waals surface area contributed by atoms with Crippen molar-refractivity contribution in [3.8, 4) is 11.8 Å². The standard InChI is InChI=1S/C17H13NO4S/c19-17(18-23(20)21)22-16-11-14-7-2-1-5-12(14)9-10-13-6-3-4-8-15(13)16/h1-8,16H,11H2,(H,18,19)(H,20,21)/p-1. The summed E-state index contributed by atoms with van der Waals surface area (Å²) in [6, 6.07) is 14.9. The van der Waals surface area contributed by atoms with Crippen LogP contribution in [0.25, 0.3) is 0 Å². The molecule has 0 spiro atoms. The minimum absolute atomic E-state index is 0.417. The monoisotopic (exact) mass is 326 g/mol. The molecule has 2 aromatic carbocycles. The molecule has 3 rings (SSSR count). The van der Waals surface area contributed by atoms with Crippen molar-refractivity contribution in [3.63, 3.8) is 0 Å². The topological polar surface area (TPSA) is 78.5 Å². The van der Waals surface area contributed by atoms with Crippen LogP contribution in [-0.2, 0) is 22.4 Å². The Hall–Kier alpha value is -2.62. The van der Waals surface area contributed by atoms with Gasteiger partial charge >= 0.3 is 6.09 Å². The van der Waals surface area contributed by atoms with Crippen molar-refractivity contribution in [2.75, 3.05) is 0 Å². The molecular formula is C17H12NO4S-. The molecule has 1 N–H and O–H groups in total. The summed E-state index contributed by atoms with van der Waals surface area (Å²) in [4.78, 5) is 11.7. The highest BCUT2D eigenvalue weighted by Crippen LogP contribution is 2.28. The van der Waals surface area contributed by atoms with Crippen molar-refractivity contribution in [1.82, 2.24) is 4.72 Å². The zero-order valence-corrected chi connectivity index (χ0v) is 12.8. The first-order valence-corrected chi connectivity index (χ1v) is 7.96. The summed E-state index contributed by atoms with van der Waals surface area (Å²) < 4.78 is 28.2. The first-order chi connectivity index (χ1) is 11.1. The zero-order chi connectivity index (χ0) is 16.2. The highest BCUT2D eigenvalue weighted by Gasteiger charge is 2.22. The number of amides is 1. The molecule has 23 heavy (non-hydrogen) atoms. The van der Waals surface area contributed by atoms with Gasteiger partial charge in [0.1, 0.15) is 6.10 Å². The van der Waals surface area contributed by atoms with E-state index < -0.39 is 23.5 Å². The molecule has 0 saturated carbocycles. The Balaban J connectivity index is 2.01. The Morgan fingerprint density at radius 1 is 1.13 bits per heavy atom. The third-order valence-electron chi connectivity index (χ3n) is 3.48. The highest BCUT2D eigenvalue weighted by atomic mass is 32.2. The maximum Gasteiger partial charge on any atom is 0.418 e. The SMILES string of the molecule is O=C(NS(=O)[O-])OC1Cc2ccccc2C#Cc2ccccc21. The smallest absolute Gasteiger partial charge is 0.418 e. The van der Waals surface area contributed by atoms with Gasteiger partial charge in [-0.15, -0.1) is 0 Å². The molecular weight excluding hydrogens is 314 g/mol. The van der Waals surface area contributed by atoms with E-state index in [9.17, 15) is 13.6 Å². The van der Waals surface area contributed by atoms with Crippen LogP contribution in [0.4, 0.5) is 4.79 Å². The molecule has 0 aromatic heterocycles. The molecule has 2 atom stereocenters. The number of carbonyl (C=O) groups excluding carboxylic acids is 1. The highest BCUT2D eigenvalue weighted by molar-refractivity contribution is 7.77. The fourth-order valence-corrected chi connectivity index (χ4v) is 2.67. The molecule has 0 saturated heterocycles. The van der Waals surface area contributed by atoms with Crippen LogP contribution < -0.4 is 4.72 Å². The van der Waals surface area contributed by atoms with Crippen LogP contribution in [0.2, 0.25) is 0 Å². The van der Waals surface area contributed by atoms with Gasteiger partial charge in [-0.3, -0.25) is 8.93 Å². The van der Waals surface area contributed by atoms with E-state index in [0.29, 0.717) is 6.42 Å². The third-order valence-corrected chi connectivity index (χ3v) is 3.81. The third kappa shape index (κ3) is 3.59. The lowest BCUT2D eigenvalue weighted by atomic mass is 9.92. The van der Waals surface area contributed by atoms with Gasteiger partial charge in [0.25, 0.3) is 0 Å². The van der Waals surface area contributed by atoms with Gasteiger partial charge in [-0.05, 0) is 17.7 Å². The number of ether oxygens (including phenoxy) is 1. The second kappa shape index (κ2) is 6.65. The molecule has 0 radical (unpaired) electrons. The Morgan fingerprint density at radius 3 is 2.57 bits per heavy atom. The molecule has 2 unspecified atom stereocenters. The normalized spacial score (nSPS) is 16.5. The summed E-state index contributed by atoms with van der Waals surface area (Å²) in [6.45, 7) is 0. The van der Waals surface area contributed by atoms with Crippen LogP contribution in [0.5, 0.6) is 0 Å². The van der Waals surface area contributed by atoms with E-state index in [1.54, 1.807) is 4.72 Å². The van der Waals surface area contributed by atoms with Gasteiger partial charge in [0.15, 0.2) is 0 Å². The van der Waals surface area contributed by atoms with Gasteiger partial charge in [0.2, 0.25) is 0 Å². The van der Waals surface area contributed by atoms with Crippen molar-refractivity contribution in [1.29, 1.82) is 0 Å². The van der Waals surface area contributed by atoms with Crippen molar-refractivity contribution in [2.45, 2.75) is 12.5 Å². The molecule has 1 aliphatic carbocycles. The van der Waals surface area contributed by atoms with Crippen LogP contribution >= 0.6 is 0 Å². The Bertz CT molecular complexity index is 838. The second-order valence-corrected chi connectivity index (χ2v) is 5.60. The van der Waals surface area contributed by atoms with E-state index in [4.69, 9.17) is 4.74 Å². The number of benzene rings is 2. The molecule has 1 aliphatic rings. The quantitative estimate of drug-likeness (QED) is 0.678. The van der Waals surface area contributed by atoms with E-state index in [2.05, 4.69) is 11.8 Å². The Labute approximate surface area is 136 Å². The number of hydrogen-bond acceptors (Lipinski definition) is 4. The van der Waals surface area contributed by atoms with E-state index in [0.717, 1.165) is 22.3 Å². The van der Waals surface area contributed by atoms with Gasteiger partial charge in [0, 0.05) is 34.4 Å². The first kappa shape index (κ1) is 15.3. The van der Waals surface area contributed by atoms with Crippen LogP contribution in [0, 0.1) is 11.8 Å². The fourth-order valence-electron chi connectivity index (χ4n) is 2.48. The van der Waals surface area contributed by atoms with E-state index in [1.807, 2.05) is 48.5 Å². The van der Waals surface area contributed by atoms with Gasteiger partial charge in [-0.1, -0.05) is 48.2 Å². The molecule has 0 aliphatic heterocycles. The minimum atomic E-state index is -2.71. The Kier molecular flexibility index (Phi) is 4.42. The van der Waals surface area contributed by atoms with E-state index in [1.165, 1.54) is 0 Å². The number of carbonyl (C=O) groups is 1. The number of hydrogen-bond donors (Lipinski definition) is 1. The zero-order valence-electron chi connectivity index (χ0n) is 11.9. The summed E-state index contributed by atoms with van der Waals surface area (Å²) in [5.74, 6) is 6.20. The molecule has 1 amide bonds. The molecule has 0 bridgehead atoms. The summed E-state index contributed by atoms with van der Waals surface area (Å²) in [5.41, 5.74) is 3.31. The fraction of sp³-hybridized carbons (Fsp3) is 0.118. The average molecular weight is 326 g/mol. The number of nitrogens with one attached hydrogen (secondary N) is 1. The van der Waals surface area contributed by atoms with E-state index >= 15 is 0 Å². The van der Waals surface area contributed by atoms with Crippen molar-refractivity contribution >= 4 is 17.4 Å². The second-order valence-electron chi connectivity index (χ2n) is 4.93.